The first-order valence-electron chi connectivity index (χ1n) is 6.76. The lowest BCUT2D eigenvalue weighted by Gasteiger charge is -2.18. The minimum Gasteiger partial charge on any atom is -0.495 e. The van der Waals surface area contributed by atoms with E-state index in [1.807, 2.05) is 48.7 Å². The molecule has 22 heavy (non-hydrogen) atoms. The molecule has 0 radical (unpaired) electrons. The van der Waals surface area contributed by atoms with Crippen molar-refractivity contribution in [2.45, 2.75) is 0 Å². The van der Waals surface area contributed by atoms with Gasteiger partial charge in [-0.2, -0.15) is 5.26 Å². The van der Waals surface area contributed by atoms with Crippen molar-refractivity contribution >= 4 is 17.3 Å². The van der Waals surface area contributed by atoms with Crippen molar-refractivity contribution < 1.29 is 9.53 Å². The quantitative estimate of drug-likeness (QED) is 0.798. The number of nitrogens with zero attached hydrogens (tertiary/aromatic N) is 3. The number of rotatable bonds is 2. The van der Waals surface area contributed by atoms with Crippen LogP contribution in [0.2, 0.25) is 0 Å². The lowest BCUT2D eigenvalue weighted by Crippen LogP contribution is -2.27. The largest absolute Gasteiger partial charge is 0.495 e. The number of amides is 1. The standard InChI is InChI=1S/C17H13N3O2/c1-22-14-9-5-8-13-16(12-6-3-2-4-7-12)19-10-15(21)20(11-18)17(13)14/h2-9H,10H2,1H3. The number of anilines is 1. The third-order valence-corrected chi connectivity index (χ3v) is 3.47. The fraction of sp³-hybridized carbons (Fsp3) is 0.118. The van der Waals surface area contributed by atoms with Gasteiger partial charge in [-0.3, -0.25) is 9.79 Å². The van der Waals surface area contributed by atoms with Crippen molar-refractivity contribution in [3.63, 3.8) is 0 Å². The molecule has 5 heteroatoms. The molecule has 1 aliphatic rings. The van der Waals surface area contributed by atoms with Gasteiger partial charge < -0.3 is 4.74 Å². The predicted molar refractivity (Wildman–Crippen MR) is 83.0 cm³/mol. The predicted octanol–water partition coefficient (Wildman–Crippen LogP) is 2.36. The monoisotopic (exact) mass is 291 g/mol. The molecule has 108 valence electrons. The highest BCUT2D eigenvalue weighted by Crippen LogP contribution is 2.35. The van der Waals surface area contributed by atoms with Crippen molar-refractivity contribution in [1.82, 2.24) is 0 Å². The van der Waals surface area contributed by atoms with Crippen LogP contribution in [0.5, 0.6) is 5.75 Å². The molecule has 0 spiro atoms. The van der Waals surface area contributed by atoms with Crippen LogP contribution in [-0.4, -0.2) is 25.3 Å². The molecule has 0 saturated carbocycles. The Morgan fingerprint density at radius 2 is 1.95 bits per heavy atom. The maximum absolute atomic E-state index is 12.2. The Morgan fingerprint density at radius 1 is 1.18 bits per heavy atom. The summed E-state index contributed by atoms with van der Waals surface area (Å²) < 4.78 is 5.33. The summed E-state index contributed by atoms with van der Waals surface area (Å²) in [7, 11) is 1.51. The molecule has 1 heterocycles. The number of fused-ring (bicyclic) bond motifs is 1. The number of ether oxygens (including phenoxy) is 1. The van der Waals surface area contributed by atoms with E-state index in [1.165, 1.54) is 7.11 Å². The summed E-state index contributed by atoms with van der Waals surface area (Å²) >= 11 is 0. The van der Waals surface area contributed by atoms with E-state index in [1.54, 1.807) is 6.07 Å². The van der Waals surface area contributed by atoms with Crippen molar-refractivity contribution in [1.29, 1.82) is 5.26 Å². The molecular weight excluding hydrogens is 278 g/mol. The Morgan fingerprint density at radius 3 is 2.64 bits per heavy atom. The van der Waals surface area contributed by atoms with Crippen LogP contribution in [0.4, 0.5) is 5.69 Å². The Balaban J connectivity index is 2.28. The highest BCUT2D eigenvalue weighted by atomic mass is 16.5. The van der Waals surface area contributed by atoms with Gasteiger partial charge in [-0.25, -0.2) is 4.90 Å². The molecule has 2 aromatic rings. The SMILES string of the molecule is COc1cccc2c1N(C#N)C(=O)CN=C2c1ccccc1. The molecule has 0 aliphatic carbocycles. The molecule has 3 rings (SSSR count). The number of para-hydroxylation sites is 1. The lowest BCUT2D eigenvalue weighted by atomic mass is 10.00. The van der Waals surface area contributed by atoms with Crippen molar-refractivity contribution in [2.24, 2.45) is 4.99 Å². The zero-order chi connectivity index (χ0) is 15.5. The smallest absolute Gasteiger partial charge is 0.262 e. The normalized spacial score (nSPS) is 13.7. The number of methoxy groups -OCH3 is 1. The minimum atomic E-state index is -0.376. The highest BCUT2D eigenvalue weighted by molar-refractivity contribution is 6.20. The number of benzodiazepines with no additional fused rings is 1. The topological polar surface area (TPSA) is 65.7 Å². The second-order valence-corrected chi connectivity index (χ2v) is 4.72. The van der Waals surface area contributed by atoms with Crippen LogP contribution >= 0.6 is 0 Å². The lowest BCUT2D eigenvalue weighted by molar-refractivity contribution is -0.116. The first kappa shape index (κ1) is 13.8. The van der Waals surface area contributed by atoms with Gasteiger partial charge in [0.1, 0.15) is 18.0 Å². The van der Waals surface area contributed by atoms with Crippen LogP contribution in [0.25, 0.3) is 0 Å². The van der Waals surface area contributed by atoms with Crippen molar-refractivity contribution in [3.05, 3.63) is 59.7 Å². The van der Waals surface area contributed by atoms with Gasteiger partial charge in [0.2, 0.25) is 0 Å². The summed E-state index contributed by atoms with van der Waals surface area (Å²) in [6, 6.07) is 15.0. The Labute approximate surface area is 128 Å². The number of nitriles is 1. The fourth-order valence-electron chi connectivity index (χ4n) is 2.48. The summed E-state index contributed by atoms with van der Waals surface area (Å²) in [5, 5.41) is 9.36. The van der Waals surface area contributed by atoms with Crippen LogP contribution in [-0.2, 0) is 4.79 Å². The summed E-state index contributed by atoms with van der Waals surface area (Å²) in [4.78, 5) is 17.7. The molecular formula is C17H13N3O2. The average molecular weight is 291 g/mol. The molecule has 0 atom stereocenters. The highest BCUT2D eigenvalue weighted by Gasteiger charge is 2.28. The van der Waals surface area contributed by atoms with E-state index in [4.69, 9.17) is 4.74 Å². The number of carbonyl (C=O) groups is 1. The van der Waals surface area contributed by atoms with Crippen LogP contribution in [0.1, 0.15) is 11.1 Å². The van der Waals surface area contributed by atoms with E-state index in [2.05, 4.69) is 4.99 Å². The summed E-state index contributed by atoms with van der Waals surface area (Å²) in [5.74, 6) is 0.0945. The fourth-order valence-corrected chi connectivity index (χ4v) is 2.48. The molecule has 0 unspecified atom stereocenters. The van der Waals surface area contributed by atoms with E-state index < -0.39 is 0 Å². The maximum atomic E-state index is 12.2. The Bertz CT molecular complexity index is 791. The van der Waals surface area contributed by atoms with Crippen LogP contribution in [0.15, 0.2) is 53.5 Å². The first-order chi connectivity index (χ1) is 10.8. The van der Waals surface area contributed by atoms with Gasteiger partial charge in [0, 0.05) is 11.1 Å². The van der Waals surface area contributed by atoms with Gasteiger partial charge >= 0.3 is 0 Å². The number of aliphatic imine (C=N–C) groups is 1. The molecule has 1 amide bonds. The number of carbonyl (C=O) groups excluding carboxylic acids is 1. The first-order valence-corrected chi connectivity index (χ1v) is 6.76. The second-order valence-electron chi connectivity index (χ2n) is 4.72. The van der Waals surface area contributed by atoms with Crippen molar-refractivity contribution in [3.8, 4) is 11.9 Å². The van der Waals surface area contributed by atoms with Gasteiger partial charge in [-0.1, -0.05) is 42.5 Å². The minimum absolute atomic E-state index is 0.0738. The van der Waals surface area contributed by atoms with Crippen LogP contribution in [0.3, 0.4) is 0 Å². The van der Waals surface area contributed by atoms with E-state index in [0.717, 1.165) is 10.5 Å². The molecule has 0 N–H and O–H groups in total. The molecule has 5 nitrogen and oxygen atoms in total. The average Bonchev–Trinajstić information content (AvgIpc) is 2.71. The summed E-state index contributed by atoms with van der Waals surface area (Å²) in [5.41, 5.74) is 2.72. The van der Waals surface area contributed by atoms with E-state index in [9.17, 15) is 10.1 Å². The van der Waals surface area contributed by atoms with E-state index in [0.29, 0.717) is 22.7 Å². The third-order valence-electron chi connectivity index (χ3n) is 3.47. The maximum Gasteiger partial charge on any atom is 0.262 e. The van der Waals surface area contributed by atoms with Gasteiger partial charge in [0.25, 0.3) is 5.91 Å². The third kappa shape index (κ3) is 2.21. The summed E-state index contributed by atoms with van der Waals surface area (Å²) in [6.07, 6.45) is 1.93. The zero-order valence-electron chi connectivity index (χ0n) is 12.0. The molecule has 0 aromatic heterocycles. The van der Waals surface area contributed by atoms with Gasteiger partial charge in [0.05, 0.1) is 12.8 Å². The molecule has 0 fully saturated rings. The summed E-state index contributed by atoms with van der Waals surface area (Å²) in [6.45, 7) is -0.0738. The molecule has 1 aliphatic heterocycles. The van der Waals surface area contributed by atoms with Crippen LogP contribution in [0, 0.1) is 11.5 Å². The number of hydrogen-bond donors (Lipinski definition) is 0. The van der Waals surface area contributed by atoms with E-state index >= 15 is 0 Å². The zero-order valence-corrected chi connectivity index (χ0v) is 12.0. The number of hydrogen-bond acceptors (Lipinski definition) is 4. The van der Waals surface area contributed by atoms with Gasteiger partial charge in [0.15, 0.2) is 6.19 Å². The molecule has 2 aromatic carbocycles. The molecule has 0 bridgehead atoms. The van der Waals surface area contributed by atoms with E-state index in [-0.39, 0.29) is 12.5 Å². The van der Waals surface area contributed by atoms with Crippen molar-refractivity contribution in [2.75, 3.05) is 18.6 Å². The Kier molecular flexibility index (Phi) is 3.58. The number of benzene rings is 2. The second kappa shape index (κ2) is 5.70. The Hall–Kier alpha value is -3.13. The van der Waals surface area contributed by atoms with Gasteiger partial charge in [-0.05, 0) is 6.07 Å². The molecule has 0 saturated heterocycles. The van der Waals surface area contributed by atoms with Gasteiger partial charge in [-0.15, -0.1) is 0 Å². The van der Waals surface area contributed by atoms with Crippen LogP contribution < -0.4 is 9.64 Å².